The van der Waals surface area contributed by atoms with Gasteiger partial charge in [-0.3, -0.25) is 13.9 Å². The zero-order valence-corrected chi connectivity index (χ0v) is 26.9. The molecule has 2 amide bonds. The lowest BCUT2D eigenvalue weighted by Gasteiger charge is -2.33. The van der Waals surface area contributed by atoms with Crippen LogP contribution in [-0.2, 0) is 26.2 Å². The van der Waals surface area contributed by atoms with Crippen LogP contribution in [0.1, 0.15) is 50.2 Å². The van der Waals surface area contributed by atoms with Gasteiger partial charge in [0.1, 0.15) is 18.3 Å². The second-order valence-corrected chi connectivity index (χ2v) is 13.7. The number of amides is 2. The van der Waals surface area contributed by atoms with Crippen molar-refractivity contribution < 1.29 is 22.7 Å². The van der Waals surface area contributed by atoms with Crippen LogP contribution in [0.15, 0.2) is 82.6 Å². The fraction of sp³-hybridized carbons (Fsp3) is 0.394. The van der Waals surface area contributed by atoms with Crippen LogP contribution in [-0.4, -0.2) is 57.1 Å². The van der Waals surface area contributed by atoms with Crippen LogP contribution < -0.4 is 14.4 Å². The number of thioether (sulfide) groups is 1. The summed E-state index contributed by atoms with van der Waals surface area (Å²) in [6, 6.07) is 20.2. The maximum absolute atomic E-state index is 14.1. The highest BCUT2D eigenvalue weighted by Crippen LogP contribution is 2.27. The zero-order chi connectivity index (χ0) is 31.0. The molecular formula is C33H41N3O5S2. The molecule has 230 valence electrons. The average molecular weight is 624 g/mol. The van der Waals surface area contributed by atoms with E-state index in [0.29, 0.717) is 11.4 Å². The van der Waals surface area contributed by atoms with Crippen molar-refractivity contribution in [2.75, 3.05) is 24.2 Å². The number of nitrogens with one attached hydrogen (secondary N) is 1. The van der Waals surface area contributed by atoms with Crippen LogP contribution >= 0.6 is 11.8 Å². The summed E-state index contributed by atoms with van der Waals surface area (Å²) < 4.78 is 34.5. The highest BCUT2D eigenvalue weighted by Gasteiger charge is 2.33. The minimum absolute atomic E-state index is 0.0790. The number of carbonyl (C=O) groups is 2. The Balaban J connectivity index is 1.67. The molecule has 8 nitrogen and oxygen atoms in total. The Labute approximate surface area is 259 Å². The number of rotatable bonds is 12. The van der Waals surface area contributed by atoms with Crippen molar-refractivity contribution in [2.24, 2.45) is 0 Å². The van der Waals surface area contributed by atoms with E-state index in [4.69, 9.17) is 4.74 Å². The molecule has 3 aromatic rings. The van der Waals surface area contributed by atoms with Gasteiger partial charge in [0.2, 0.25) is 11.8 Å². The third-order valence-corrected chi connectivity index (χ3v) is 10.4. The predicted molar refractivity (Wildman–Crippen MR) is 172 cm³/mol. The van der Waals surface area contributed by atoms with Crippen molar-refractivity contribution in [1.29, 1.82) is 0 Å². The van der Waals surface area contributed by atoms with E-state index in [1.165, 1.54) is 16.7 Å². The van der Waals surface area contributed by atoms with Crippen LogP contribution in [0, 0.1) is 6.92 Å². The minimum atomic E-state index is -4.11. The summed E-state index contributed by atoms with van der Waals surface area (Å²) in [4.78, 5) is 30.1. The smallest absolute Gasteiger partial charge is 0.264 e. The van der Waals surface area contributed by atoms with E-state index in [2.05, 4.69) is 5.32 Å². The van der Waals surface area contributed by atoms with Crippen molar-refractivity contribution in [3.8, 4) is 5.75 Å². The molecule has 0 aromatic heterocycles. The molecule has 0 spiro atoms. The first-order valence-electron chi connectivity index (χ1n) is 14.6. The molecule has 1 saturated carbocycles. The Hall–Kier alpha value is -3.50. The molecule has 0 saturated heterocycles. The second-order valence-electron chi connectivity index (χ2n) is 10.9. The lowest BCUT2D eigenvalue weighted by molar-refractivity contribution is -0.139. The molecule has 43 heavy (non-hydrogen) atoms. The second kappa shape index (κ2) is 14.8. The summed E-state index contributed by atoms with van der Waals surface area (Å²) >= 11 is 1.52. The molecule has 4 rings (SSSR count). The predicted octanol–water partition coefficient (Wildman–Crippen LogP) is 5.79. The Morgan fingerprint density at radius 3 is 2.16 bits per heavy atom. The van der Waals surface area contributed by atoms with E-state index in [9.17, 15) is 18.0 Å². The maximum Gasteiger partial charge on any atom is 0.264 e. The first-order valence-corrected chi connectivity index (χ1v) is 17.2. The van der Waals surface area contributed by atoms with Gasteiger partial charge in [0.05, 0.1) is 17.7 Å². The minimum Gasteiger partial charge on any atom is -0.497 e. The number of hydrogen-bond acceptors (Lipinski definition) is 6. The number of methoxy groups -OCH3 is 1. The Bertz CT molecular complexity index is 1470. The number of nitrogens with zero attached hydrogens (tertiary/aromatic N) is 2. The Kier molecular flexibility index (Phi) is 11.2. The van der Waals surface area contributed by atoms with Gasteiger partial charge in [0, 0.05) is 17.5 Å². The van der Waals surface area contributed by atoms with E-state index in [1.54, 1.807) is 62.6 Å². The van der Waals surface area contributed by atoms with Gasteiger partial charge in [-0.25, -0.2) is 8.42 Å². The number of carbonyl (C=O) groups excluding carboxylic acids is 2. The highest BCUT2D eigenvalue weighted by molar-refractivity contribution is 7.98. The molecular weight excluding hydrogens is 583 g/mol. The first-order chi connectivity index (χ1) is 20.6. The molecule has 10 heteroatoms. The van der Waals surface area contributed by atoms with E-state index in [1.807, 2.05) is 37.4 Å². The van der Waals surface area contributed by atoms with Crippen LogP contribution in [0.3, 0.4) is 0 Å². The van der Waals surface area contributed by atoms with Gasteiger partial charge in [-0.05, 0) is 87.0 Å². The largest absolute Gasteiger partial charge is 0.497 e. The van der Waals surface area contributed by atoms with Gasteiger partial charge in [0.25, 0.3) is 10.0 Å². The molecule has 0 radical (unpaired) electrons. The van der Waals surface area contributed by atoms with Gasteiger partial charge in [-0.1, -0.05) is 49.1 Å². The third-order valence-electron chi connectivity index (χ3n) is 7.88. The van der Waals surface area contributed by atoms with Gasteiger partial charge in [0.15, 0.2) is 0 Å². The topological polar surface area (TPSA) is 96.0 Å². The number of hydrogen-bond donors (Lipinski definition) is 1. The van der Waals surface area contributed by atoms with E-state index in [-0.39, 0.29) is 23.4 Å². The molecule has 0 bridgehead atoms. The molecule has 1 aliphatic rings. The molecule has 0 heterocycles. The molecule has 0 unspecified atom stereocenters. The molecule has 3 aromatic carbocycles. The molecule has 1 N–H and O–H groups in total. The number of anilines is 1. The quantitative estimate of drug-likeness (QED) is 0.257. The number of sulfonamides is 1. The summed E-state index contributed by atoms with van der Waals surface area (Å²) in [5.41, 5.74) is 2.13. The summed E-state index contributed by atoms with van der Waals surface area (Å²) in [6.07, 6.45) is 7.04. The van der Waals surface area contributed by atoms with Crippen molar-refractivity contribution in [2.45, 2.75) is 74.4 Å². The third kappa shape index (κ3) is 8.32. The van der Waals surface area contributed by atoms with Gasteiger partial charge < -0.3 is 15.0 Å². The Morgan fingerprint density at radius 1 is 0.953 bits per heavy atom. The van der Waals surface area contributed by atoms with Gasteiger partial charge >= 0.3 is 0 Å². The normalized spacial score (nSPS) is 14.5. The first kappa shape index (κ1) is 32.4. The van der Waals surface area contributed by atoms with E-state index in [0.717, 1.165) is 52.4 Å². The summed E-state index contributed by atoms with van der Waals surface area (Å²) in [5, 5.41) is 3.13. The van der Waals surface area contributed by atoms with Gasteiger partial charge in [-0.2, -0.15) is 0 Å². The summed E-state index contributed by atoms with van der Waals surface area (Å²) in [6.45, 7) is 3.28. The zero-order valence-electron chi connectivity index (χ0n) is 25.3. The molecule has 1 fully saturated rings. The summed E-state index contributed by atoms with van der Waals surface area (Å²) in [7, 11) is -2.53. The van der Waals surface area contributed by atoms with E-state index >= 15 is 0 Å². The molecule has 0 aliphatic heterocycles. The monoisotopic (exact) mass is 623 g/mol. The van der Waals surface area contributed by atoms with Crippen LogP contribution in [0.2, 0.25) is 0 Å². The van der Waals surface area contributed by atoms with Crippen molar-refractivity contribution in [3.63, 3.8) is 0 Å². The van der Waals surface area contributed by atoms with Crippen molar-refractivity contribution >= 4 is 39.3 Å². The number of benzene rings is 3. The van der Waals surface area contributed by atoms with E-state index < -0.39 is 28.5 Å². The van der Waals surface area contributed by atoms with Crippen LogP contribution in [0.25, 0.3) is 0 Å². The van der Waals surface area contributed by atoms with Crippen molar-refractivity contribution in [1.82, 2.24) is 10.2 Å². The molecule has 1 aliphatic carbocycles. The Morgan fingerprint density at radius 2 is 1.58 bits per heavy atom. The fourth-order valence-electron chi connectivity index (χ4n) is 5.19. The van der Waals surface area contributed by atoms with Crippen LogP contribution in [0.5, 0.6) is 5.75 Å². The number of aryl methyl sites for hydroxylation is 1. The number of ether oxygens (including phenoxy) is 1. The highest BCUT2D eigenvalue weighted by atomic mass is 32.2. The SMILES string of the molecule is COc1ccc(CN(C(=O)CN(c2ccc(C)cc2)S(=O)(=O)c2ccc(SC)cc2)[C@@H](C)C(=O)NC2CCCCC2)cc1. The van der Waals surface area contributed by atoms with Crippen LogP contribution in [0.4, 0.5) is 5.69 Å². The maximum atomic E-state index is 14.1. The lowest BCUT2D eigenvalue weighted by Crippen LogP contribution is -2.53. The lowest BCUT2D eigenvalue weighted by atomic mass is 9.95. The molecule has 1 atom stereocenters. The fourth-order valence-corrected chi connectivity index (χ4v) is 7.02. The average Bonchev–Trinajstić information content (AvgIpc) is 3.03. The standard InChI is InChI=1S/C33H41N3O5S2/c1-24-10-14-28(15-11-24)36(43(39,40)31-20-18-30(42-4)19-21-31)23-32(37)35(22-26-12-16-29(41-3)17-13-26)25(2)33(38)34-27-8-6-5-7-9-27/h10-21,25,27H,5-9,22-23H2,1-4H3,(H,34,38)/t25-/m0/s1. The summed E-state index contributed by atoms with van der Waals surface area (Å²) in [5.74, 6) is -0.0491. The van der Waals surface area contributed by atoms with Crippen molar-refractivity contribution in [3.05, 3.63) is 83.9 Å². The van der Waals surface area contributed by atoms with Gasteiger partial charge in [-0.15, -0.1) is 11.8 Å².